The van der Waals surface area contributed by atoms with Crippen molar-refractivity contribution in [1.82, 2.24) is 0 Å². The summed E-state index contributed by atoms with van der Waals surface area (Å²) in [5, 5.41) is 9.31. The maximum Gasteiger partial charge on any atom is 0.315 e. The fourth-order valence-electron chi connectivity index (χ4n) is 2.12. The Kier molecular flexibility index (Phi) is 2.76. The zero-order valence-electron chi connectivity index (χ0n) is 8.90. The van der Waals surface area contributed by atoms with E-state index >= 15 is 0 Å². The summed E-state index contributed by atoms with van der Waals surface area (Å²) in [6.07, 6.45) is 2.16. The van der Waals surface area contributed by atoms with Crippen LogP contribution in [0.15, 0.2) is 29.2 Å². The number of Topliss-reactive ketones (excluding diaryl/α,β-unsaturated/α-hetero) is 1. The lowest BCUT2D eigenvalue weighted by atomic mass is 9.63. The molecule has 1 aromatic rings. The molecule has 1 fully saturated rings. The highest BCUT2D eigenvalue weighted by atomic mass is 32.2. The number of carboxylic acids is 1. The van der Waals surface area contributed by atoms with E-state index in [0.29, 0.717) is 0 Å². The van der Waals surface area contributed by atoms with Gasteiger partial charge in [0.1, 0.15) is 11.2 Å². The van der Waals surface area contributed by atoms with E-state index in [2.05, 4.69) is 0 Å². The minimum atomic E-state index is -0.976. The van der Waals surface area contributed by atoms with Crippen LogP contribution in [0.3, 0.4) is 0 Å². The average Bonchev–Trinajstić information content (AvgIpc) is 2.24. The summed E-state index contributed by atoms with van der Waals surface area (Å²) in [7, 11) is 0. The second-order valence-corrected chi connectivity index (χ2v) is 4.83. The van der Waals surface area contributed by atoms with E-state index in [0.717, 1.165) is 10.5 Å². The molecular formula is C12H12O3S. The van der Waals surface area contributed by atoms with E-state index in [-0.39, 0.29) is 18.6 Å². The zero-order valence-corrected chi connectivity index (χ0v) is 9.71. The van der Waals surface area contributed by atoms with Gasteiger partial charge in [-0.15, -0.1) is 11.8 Å². The number of carboxylic acid groups (broad SMARTS) is 1. The molecule has 1 aromatic carbocycles. The van der Waals surface area contributed by atoms with Crippen molar-refractivity contribution in [3.05, 3.63) is 29.8 Å². The third-order valence-electron chi connectivity index (χ3n) is 3.03. The summed E-state index contributed by atoms with van der Waals surface area (Å²) >= 11 is 1.52. The molecule has 0 aromatic heterocycles. The van der Waals surface area contributed by atoms with Crippen LogP contribution in [-0.2, 0) is 15.0 Å². The van der Waals surface area contributed by atoms with Crippen LogP contribution < -0.4 is 0 Å². The quantitative estimate of drug-likeness (QED) is 0.816. The van der Waals surface area contributed by atoms with E-state index in [1.165, 1.54) is 11.8 Å². The van der Waals surface area contributed by atoms with Crippen molar-refractivity contribution < 1.29 is 14.7 Å². The Morgan fingerprint density at radius 3 is 2.50 bits per heavy atom. The first-order chi connectivity index (χ1) is 7.60. The Labute approximate surface area is 97.9 Å². The average molecular weight is 236 g/mol. The molecule has 0 amide bonds. The molecule has 0 bridgehead atoms. The van der Waals surface area contributed by atoms with E-state index < -0.39 is 11.4 Å². The number of hydrogen-bond acceptors (Lipinski definition) is 3. The van der Waals surface area contributed by atoms with Crippen LogP contribution in [0, 0.1) is 0 Å². The van der Waals surface area contributed by atoms with Crippen molar-refractivity contribution in [3.63, 3.8) is 0 Å². The van der Waals surface area contributed by atoms with Crippen molar-refractivity contribution in [1.29, 1.82) is 0 Å². The topological polar surface area (TPSA) is 54.4 Å². The molecule has 4 heteroatoms. The molecule has 0 radical (unpaired) electrons. The molecule has 2 rings (SSSR count). The molecule has 0 spiro atoms. The van der Waals surface area contributed by atoms with Gasteiger partial charge in [-0.25, -0.2) is 0 Å². The van der Waals surface area contributed by atoms with Crippen LogP contribution in [0.5, 0.6) is 0 Å². The summed E-state index contributed by atoms with van der Waals surface area (Å²) in [5.74, 6) is -0.869. The zero-order chi connectivity index (χ0) is 11.8. The molecule has 0 unspecified atom stereocenters. The molecule has 1 aliphatic carbocycles. The molecule has 84 valence electrons. The van der Waals surface area contributed by atoms with Crippen LogP contribution >= 0.6 is 11.8 Å². The highest BCUT2D eigenvalue weighted by molar-refractivity contribution is 7.98. The number of aliphatic carboxylic acids is 1. The Morgan fingerprint density at radius 1 is 1.38 bits per heavy atom. The molecule has 0 aliphatic heterocycles. The van der Waals surface area contributed by atoms with Crippen LogP contribution in [0.4, 0.5) is 0 Å². The van der Waals surface area contributed by atoms with Gasteiger partial charge in [0, 0.05) is 17.7 Å². The molecule has 1 aliphatic rings. The predicted octanol–water partition coefficient (Wildman–Crippen LogP) is 2.09. The number of hydrogen-bond donors (Lipinski definition) is 1. The van der Waals surface area contributed by atoms with Gasteiger partial charge in [-0.3, -0.25) is 9.59 Å². The number of rotatable bonds is 3. The van der Waals surface area contributed by atoms with Crippen molar-refractivity contribution in [2.24, 2.45) is 0 Å². The summed E-state index contributed by atoms with van der Waals surface area (Å²) in [4.78, 5) is 23.4. The van der Waals surface area contributed by atoms with Gasteiger partial charge in [-0.2, -0.15) is 0 Å². The van der Waals surface area contributed by atoms with Crippen LogP contribution in [0.2, 0.25) is 0 Å². The van der Waals surface area contributed by atoms with Crippen molar-refractivity contribution in [2.75, 3.05) is 6.26 Å². The van der Waals surface area contributed by atoms with Crippen LogP contribution in [0.1, 0.15) is 18.4 Å². The maximum atomic E-state index is 11.4. The first kappa shape index (κ1) is 11.2. The Hall–Kier alpha value is -1.29. The molecule has 0 heterocycles. The fraction of sp³-hybridized carbons (Fsp3) is 0.333. The molecule has 0 atom stereocenters. The highest BCUT2D eigenvalue weighted by Gasteiger charge is 2.52. The standard InChI is InChI=1S/C12H12O3S/c1-16-10-5-3-2-4-9(10)12(11(14)15)6-8(13)7-12/h2-5H,6-7H2,1H3,(H,14,15). The van der Waals surface area contributed by atoms with Gasteiger partial charge in [0.2, 0.25) is 0 Å². The van der Waals surface area contributed by atoms with Gasteiger partial charge in [0.05, 0.1) is 0 Å². The van der Waals surface area contributed by atoms with Crippen molar-refractivity contribution in [3.8, 4) is 0 Å². The normalized spacial score (nSPS) is 17.9. The lowest BCUT2D eigenvalue weighted by molar-refractivity contribution is -0.153. The van der Waals surface area contributed by atoms with Gasteiger partial charge in [0.15, 0.2) is 0 Å². The minimum Gasteiger partial charge on any atom is -0.481 e. The lowest BCUT2D eigenvalue weighted by Crippen LogP contribution is -2.48. The number of benzene rings is 1. The largest absolute Gasteiger partial charge is 0.481 e. The lowest BCUT2D eigenvalue weighted by Gasteiger charge is -2.37. The molecular weight excluding hydrogens is 224 g/mol. The van der Waals surface area contributed by atoms with Gasteiger partial charge in [0.25, 0.3) is 0 Å². The second-order valence-electron chi connectivity index (χ2n) is 3.98. The fourth-order valence-corrected chi connectivity index (χ4v) is 2.82. The smallest absolute Gasteiger partial charge is 0.315 e. The third-order valence-corrected chi connectivity index (χ3v) is 3.83. The van der Waals surface area contributed by atoms with Crippen molar-refractivity contribution in [2.45, 2.75) is 23.2 Å². The number of carbonyl (C=O) groups is 2. The van der Waals surface area contributed by atoms with Crippen LogP contribution in [0.25, 0.3) is 0 Å². The third kappa shape index (κ3) is 1.53. The minimum absolute atomic E-state index is 0.0262. The number of carbonyl (C=O) groups excluding carboxylic acids is 1. The molecule has 16 heavy (non-hydrogen) atoms. The Bertz CT molecular complexity index is 445. The number of ketones is 1. The molecule has 1 saturated carbocycles. The predicted molar refractivity (Wildman–Crippen MR) is 61.8 cm³/mol. The highest BCUT2D eigenvalue weighted by Crippen LogP contribution is 2.44. The maximum absolute atomic E-state index is 11.4. The van der Waals surface area contributed by atoms with Crippen molar-refractivity contribution >= 4 is 23.5 Å². The summed E-state index contributed by atoms with van der Waals surface area (Å²) < 4.78 is 0. The summed E-state index contributed by atoms with van der Waals surface area (Å²) in [5.41, 5.74) is -0.203. The second kappa shape index (κ2) is 3.94. The van der Waals surface area contributed by atoms with Crippen LogP contribution in [-0.4, -0.2) is 23.1 Å². The Balaban J connectivity index is 2.48. The molecule has 0 saturated heterocycles. The van der Waals surface area contributed by atoms with Gasteiger partial charge >= 0.3 is 5.97 Å². The van der Waals surface area contributed by atoms with Gasteiger partial charge < -0.3 is 5.11 Å². The monoisotopic (exact) mass is 236 g/mol. The SMILES string of the molecule is CSc1ccccc1C1(C(=O)O)CC(=O)C1. The number of thioether (sulfide) groups is 1. The van der Waals surface area contributed by atoms with Gasteiger partial charge in [-0.05, 0) is 17.9 Å². The molecule has 1 N–H and O–H groups in total. The molecule has 3 nitrogen and oxygen atoms in total. The van der Waals surface area contributed by atoms with E-state index in [9.17, 15) is 14.7 Å². The first-order valence-corrected chi connectivity index (χ1v) is 6.21. The first-order valence-electron chi connectivity index (χ1n) is 4.99. The van der Waals surface area contributed by atoms with Gasteiger partial charge in [-0.1, -0.05) is 18.2 Å². The Morgan fingerprint density at radius 2 is 2.00 bits per heavy atom. The van der Waals surface area contributed by atoms with E-state index in [1.54, 1.807) is 0 Å². The van der Waals surface area contributed by atoms with E-state index in [1.807, 2.05) is 30.5 Å². The summed E-state index contributed by atoms with van der Waals surface area (Å²) in [6, 6.07) is 7.41. The van der Waals surface area contributed by atoms with E-state index in [4.69, 9.17) is 0 Å². The summed E-state index contributed by atoms with van der Waals surface area (Å²) in [6.45, 7) is 0.